The molecule has 0 bridgehead atoms. The zero-order chi connectivity index (χ0) is 63.2. The molecule has 0 N–H and O–H groups in total. The third-order valence-electron chi connectivity index (χ3n) is 17.7. The molecule has 8 aromatic rings. The Morgan fingerprint density at radius 2 is 0.611 bits per heavy atom. The van der Waals surface area contributed by atoms with Gasteiger partial charge in [-0.3, -0.25) is 19.2 Å². The van der Waals surface area contributed by atoms with Gasteiger partial charge in [-0.1, -0.05) is 159 Å². The van der Waals surface area contributed by atoms with Gasteiger partial charge < -0.3 is 37.9 Å². The van der Waals surface area contributed by atoms with Gasteiger partial charge in [-0.15, -0.1) is 0 Å². The molecule has 0 amide bonds. The van der Waals surface area contributed by atoms with Crippen LogP contribution in [0.3, 0.4) is 0 Å². The molecule has 6 atom stereocenters. The summed E-state index contributed by atoms with van der Waals surface area (Å²) >= 11 is 0. The Morgan fingerprint density at radius 1 is 0.344 bits per heavy atom. The lowest BCUT2D eigenvalue weighted by molar-refractivity contribution is -0.146. The van der Waals surface area contributed by atoms with Gasteiger partial charge in [0.05, 0.1) is 53.1 Å². The first kappa shape index (κ1) is 65.3. The van der Waals surface area contributed by atoms with E-state index in [0.29, 0.717) is 39.3 Å². The van der Waals surface area contributed by atoms with Crippen LogP contribution in [0.1, 0.15) is 143 Å². The Morgan fingerprint density at radius 3 is 0.889 bits per heavy atom. The minimum atomic E-state index is -0.145. The minimum Gasteiger partial charge on any atom is -0.489 e. The molecule has 12 nitrogen and oxygen atoms in total. The molecule has 0 spiro atoms. The molecular weight excluding hydrogens is 1130 g/mol. The largest absolute Gasteiger partial charge is 0.489 e. The monoisotopic (exact) mass is 1210 g/mol. The van der Waals surface area contributed by atoms with Gasteiger partial charge in [-0.05, 0) is 190 Å². The van der Waals surface area contributed by atoms with Crippen molar-refractivity contribution in [3.05, 3.63) is 261 Å². The molecule has 0 saturated carbocycles. The van der Waals surface area contributed by atoms with Gasteiger partial charge in [0.2, 0.25) is 0 Å². The fourth-order valence-electron chi connectivity index (χ4n) is 12.6. The van der Waals surface area contributed by atoms with Crippen LogP contribution in [0.5, 0.6) is 23.0 Å². The van der Waals surface area contributed by atoms with Gasteiger partial charge in [0.25, 0.3) is 0 Å². The lowest BCUT2D eigenvalue weighted by atomic mass is 9.88. The van der Waals surface area contributed by atoms with Crippen molar-refractivity contribution in [2.45, 2.75) is 128 Å². The van der Waals surface area contributed by atoms with Crippen LogP contribution >= 0.6 is 0 Å². The number of carbonyl (C=O) groups is 4. The fraction of sp³-hybridized carbons (Fsp3) is 0.333. The summed E-state index contributed by atoms with van der Waals surface area (Å²) in [7, 11) is 5.79. The molecule has 0 radical (unpaired) electrons. The van der Waals surface area contributed by atoms with E-state index in [2.05, 4.69) is 72.8 Å². The smallest absolute Gasteiger partial charge is 0.308 e. The van der Waals surface area contributed by atoms with E-state index >= 15 is 0 Å². The van der Waals surface area contributed by atoms with Gasteiger partial charge in [-0.25, -0.2) is 0 Å². The minimum absolute atomic E-state index is 0.120. The number of carbonyl (C=O) groups excluding carboxylic acids is 4. The van der Waals surface area contributed by atoms with E-state index in [1.54, 1.807) is 0 Å². The molecule has 12 heteroatoms. The van der Waals surface area contributed by atoms with Crippen LogP contribution in [0.15, 0.2) is 194 Å². The SMILES string of the molecule is COC(=O)C(C)[C@@H]1CCc2ccc(OCc3ccccc3)cc21.COC(=O)C(C)[C@H]1CCc2ccc(OCc3ccccc3)cc21.COC(=O)C[C@@H]1CCc2ccc(OCc3ccccc3)cc21.COC(=O)C[C@H]1CCc2ccc(OCc3ccccc3)cc21. The van der Waals surface area contributed by atoms with E-state index in [4.69, 9.17) is 37.9 Å². The summed E-state index contributed by atoms with van der Waals surface area (Å²) in [6.45, 7) is 6.11. The molecule has 0 saturated heterocycles. The highest BCUT2D eigenvalue weighted by atomic mass is 16.5. The number of ether oxygens (including phenoxy) is 8. The second-order valence-electron chi connectivity index (χ2n) is 23.5. The lowest BCUT2D eigenvalue weighted by Crippen LogP contribution is -2.19. The second-order valence-corrected chi connectivity index (χ2v) is 23.5. The van der Waals surface area contributed by atoms with Crippen LogP contribution in [0, 0.1) is 11.8 Å². The Balaban J connectivity index is 0.000000142. The third-order valence-corrected chi connectivity index (χ3v) is 17.7. The summed E-state index contributed by atoms with van der Waals surface area (Å²) in [6.07, 6.45) is 8.98. The van der Waals surface area contributed by atoms with Crippen molar-refractivity contribution in [1.82, 2.24) is 0 Å². The summed E-state index contributed by atoms with van der Waals surface area (Å²) in [5.74, 6) is 3.57. The number of esters is 4. The van der Waals surface area contributed by atoms with Gasteiger partial charge in [0.1, 0.15) is 49.4 Å². The summed E-state index contributed by atoms with van der Waals surface area (Å²) in [5.41, 5.74) is 14.8. The predicted molar refractivity (Wildman–Crippen MR) is 349 cm³/mol. The number of hydrogen-bond acceptors (Lipinski definition) is 12. The maximum absolute atomic E-state index is 11.9. The molecule has 8 aromatic carbocycles. The second kappa shape index (κ2) is 32.9. The molecule has 4 aliphatic rings. The molecule has 0 fully saturated rings. The van der Waals surface area contributed by atoms with E-state index in [1.807, 2.05) is 135 Å². The molecule has 90 heavy (non-hydrogen) atoms. The van der Waals surface area contributed by atoms with Gasteiger partial charge in [0.15, 0.2) is 0 Å². The number of methoxy groups -OCH3 is 4. The zero-order valence-corrected chi connectivity index (χ0v) is 52.7. The van der Waals surface area contributed by atoms with Crippen molar-refractivity contribution < 1.29 is 57.1 Å². The molecule has 0 heterocycles. The fourth-order valence-corrected chi connectivity index (χ4v) is 12.6. The normalized spacial score (nSPS) is 16.8. The quantitative estimate of drug-likeness (QED) is 0.0529. The maximum atomic E-state index is 11.9. The highest BCUT2D eigenvalue weighted by molar-refractivity contribution is 5.74. The van der Waals surface area contributed by atoms with E-state index < -0.39 is 0 Å². The topological polar surface area (TPSA) is 142 Å². The van der Waals surface area contributed by atoms with Crippen molar-refractivity contribution in [3.8, 4) is 23.0 Å². The van der Waals surface area contributed by atoms with E-state index in [1.165, 1.54) is 72.9 Å². The van der Waals surface area contributed by atoms with Crippen LogP contribution in [0.2, 0.25) is 0 Å². The first-order valence-electron chi connectivity index (χ1n) is 31.4. The first-order chi connectivity index (χ1) is 43.9. The van der Waals surface area contributed by atoms with Crippen molar-refractivity contribution >= 4 is 23.9 Å². The van der Waals surface area contributed by atoms with Crippen molar-refractivity contribution in [1.29, 1.82) is 0 Å². The van der Waals surface area contributed by atoms with Gasteiger partial charge in [-0.2, -0.15) is 0 Å². The van der Waals surface area contributed by atoms with E-state index in [9.17, 15) is 19.2 Å². The van der Waals surface area contributed by atoms with E-state index in [-0.39, 0.29) is 59.4 Å². The predicted octanol–water partition coefficient (Wildman–Crippen LogP) is 15.9. The van der Waals surface area contributed by atoms with Gasteiger partial charge >= 0.3 is 23.9 Å². The molecule has 0 aromatic heterocycles. The molecule has 468 valence electrons. The van der Waals surface area contributed by atoms with Crippen LogP contribution in [-0.4, -0.2) is 52.3 Å². The van der Waals surface area contributed by atoms with Crippen molar-refractivity contribution in [2.75, 3.05) is 28.4 Å². The van der Waals surface area contributed by atoms with E-state index in [0.717, 1.165) is 96.6 Å². The Hall–Kier alpha value is -9.16. The molecular formula is C78H84O12. The Labute approximate surface area is 530 Å². The average Bonchev–Trinajstić information content (AvgIpc) is 2.43. The highest BCUT2D eigenvalue weighted by Crippen LogP contribution is 2.43. The summed E-state index contributed by atoms with van der Waals surface area (Å²) in [6, 6.07) is 65.4. The maximum Gasteiger partial charge on any atom is 0.308 e. The average molecular weight is 1210 g/mol. The van der Waals surface area contributed by atoms with Gasteiger partial charge in [0, 0.05) is 0 Å². The Kier molecular flexibility index (Phi) is 23.9. The Bertz CT molecular complexity index is 3370. The van der Waals surface area contributed by atoms with Crippen molar-refractivity contribution in [3.63, 3.8) is 0 Å². The number of rotatable bonds is 20. The molecule has 4 aliphatic carbocycles. The van der Waals surface area contributed by atoms with Crippen LogP contribution in [-0.2, 0) is 90.2 Å². The van der Waals surface area contributed by atoms with Crippen LogP contribution in [0.4, 0.5) is 0 Å². The number of fused-ring (bicyclic) bond motifs is 4. The molecule has 2 unspecified atom stereocenters. The number of aryl methyl sites for hydroxylation is 4. The zero-order valence-electron chi connectivity index (χ0n) is 52.7. The first-order valence-corrected chi connectivity index (χ1v) is 31.4. The van der Waals surface area contributed by atoms with Crippen LogP contribution in [0.25, 0.3) is 0 Å². The summed E-state index contributed by atoms with van der Waals surface area (Å²) in [5, 5.41) is 0. The third kappa shape index (κ3) is 18.0. The summed E-state index contributed by atoms with van der Waals surface area (Å²) in [4.78, 5) is 46.7. The van der Waals surface area contributed by atoms with Crippen molar-refractivity contribution in [2.24, 2.45) is 11.8 Å². The highest BCUT2D eigenvalue weighted by Gasteiger charge is 2.34. The van der Waals surface area contributed by atoms with Crippen LogP contribution < -0.4 is 18.9 Å². The lowest BCUT2D eigenvalue weighted by Gasteiger charge is -2.18. The summed E-state index contributed by atoms with van der Waals surface area (Å²) < 4.78 is 43.0. The molecule has 0 aliphatic heterocycles. The molecule has 12 rings (SSSR count). The number of hydrogen-bond donors (Lipinski definition) is 0. The standard InChI is InChI=1S/2C20H22O3.2C19H20O3/c2*1-14(20(21)22-2)18-11-9-16-8-10-17(12-19(16)18)23-13-15-6-4-3-5-7-15;2*1-21-19(20)11-16-8-7-15-9-10-17(12-18(15)16)22-13-14-5-3-2-4-6-14/h2*3-8,10,12,14,18H,9,11,13H2,1-2H3;2*2-6,9-10,12,16H,7-8,11,13H2,1H3/t2*14?,18-;2*16-/m1010/s1. The number of benzene rings is 8.